The average Bonchev–Trinajstić information content (AvgIpc) is 3.53. The smallest absolute Gasteiger partial charge is 0.324 e. The summed E-state index contributed by atoms with van der Waals surface area (Å²) in [6.45, 7) is 16.1. The van der Waals surface area contributed by atoms with Gasteiger partial charge in [-0.05, 0) is 96.8 Å². The molecule has 0 radical (unpaired) electrons. The molecule has 0 saturated carbocycles. The summed E-state index contributed by atoms with van der Waals surface area (Å²) in [6.07, 6.45) is 4.48. The van der Waals surface area contributed by atoms with Crippen molar-refractivity contribution in [3.63, 3.8) is 0 Å². The van der Waals surface area contributed by atoms with Crippen molar-refractivity contribution in [1.29, 1.82) is 0 Å². The topological polar surface area (TPSA) is 165 Å². The highest BCUT2D eigenvalue weighted by Crippen LogP contribution is 2.41. The van der Waals surface area contributed by atoms with E-state index in [2.05, 4.69) is 60.9 Å². The first-order valence-electron chi connectivity index (χ1n) is 21.7. The number of methoxy groups -OCH3 is 1. The summed E-state index contributed by atoms with van der Waals surface area (Å²) >= 11 is 0. The number of cyclic esters (lactones) is 1. The number of pyridine rings is 1. The van der Waals surface area contributed by atoms with Gasteiger partial charge < -0.3 is 34.1 Å². The molecule has 2 aromatic carbocycles. The Morgan fingerprint density at radius 1 is 1.13 bits per heavy atom. The minimum atomic E-state index is -1.06. The first-order chi connectivity index (χ1) is 29.7. The molecular weight excluding hydrogens is 789 g/mol. The summed E-state index contributed by atoms with van der Waals surface area (Å²) in [6, 6.07) is 13.7. The third kappa shape index (κ3) is 9.57. The predicted molar refractivity (Wildman–Crippen MR) is 235 cm³/mol. The van der Waals surface area contributed by atoms with Gasteiger partial charge in [-0.25, -0.2) is 5.43 Å². The number of phenols is 1. The van der Waals surface area contributed by atoms with E-state index in [0.717, 1.165) is 44.5 Å². The van der Waals surface area contributed by atoms with Crippen LogP contribution in [0.1, 0.15) is 64.3 Å². The molecule has 0 aliphatic carbocycles. The van der Waals surface area contributed by atoms with E-state index in [1.807, 2.05) is 32.0 Å². The Morgan fingerprint density at radius 3 is 2.65 bits per heavy atom. The Labute approximate surface area is 363 Å². The van der Waals surface area contributed by atoms with Gasteiger partial charge in [0.05, 0.1) is 43.2 Å². The zero-order chi connectivity index (χ0) is 44.3. The van der Waals surface area contributed by atoms with Crippen molar-refractivity contribution < 1.29 is 38.5 Å². The van der Waals surface area contributed by atoms with Crippen LogP contribution >= 0.6 is 0 Å². The van der Waals surface area contributed by atoms with Crippen molar-refractivity contribution in [2.75, 3.05) is 40.0 Å². The second kappa shape index (κ2) is 18.8. The lowest BCUT2D eigenvalue weighted by Crippen LogP contribution is -2.61. The number of carbonyl (C=O) groups excluding carboxylic acids is 4. The maximum atomic E-state index is 14.5. The molecule has 2 saturated heterocycles. The Bertz CT molecular complexity index is 2330. The van der Waals surface area contributed by atoms with Crippen LogP contribution in [0, 0.1) is 17.3 Å². The van der Waals surface area contributed by atoms with E-state index in [1.54, 1.807) is 30.3 Å². The number of rotatable bonds is 11. The quantitative estimate of drug-likeness (QED) is 0.128. The highest BCUT2D eigenvalue weighted by atomic mass is 16.5. The number of amides is 3. The first kappa shape index (κ1) is 44.5. The number of phenolic OH excluding ortho intramolecular Hbond substituents is 1. The second-order valence-electron chi connectivity index (χ2n) is 17.9. The Hall–Kier alpha value is -5.57. The number of carbonyl (C=O) groups is 4. The molecule has 2 aromatic heterocycles. The summed E-state index contributed by atoms with van der Waals surface area (Å²) in [7, 11) is 1.66. The summed E-state index contributed by atoms with van der Waals surface area (Å²) in [4.78, 5) is 60.8. The maximum Gasteiger partial charge on any atom is 0.324 e. The van der Waals surface area contributed by atoms with Gasteiger partial charge in [0.15, 0.2) is 0 Å². The Morgan fingerprint density at radius 2 is 1.92 bits per heavy atom. The van der Waals surface area contributed by atoms with Crippen molar-refractivity contribution >= 4 is 34.6 Å². The fourth-order valence-electron chi connectivity index (χ4n) is 8.86. The number of hydrazine groups is 1. The van der Waals surface area contributed by atoms with Crippen LogP contribution in [0.4, 0.5) is 0 Å². The van der Waals surface area contributed by atoms with Gasteiger partial charge in [0.2, 0.25) is 11.8 Å². The standard InChI is InChI=1S/C48H60N6O8/c1-8-43(56)52-24-34(25-52)61-26-38(29(3)4)45(57)50-40-20-30-18-32(21-33(55)19-30)31-14-15-42-36(22-31)37(44(53(42)9-2)35-12-10-16-49-41(35)27-60-7)23-48(5,6)28-62-47(59)39-13-11-17-54(51-39)46(40)58/h8,10,12,14-16,18-19,21-22,29,34,38-40,51,55H,1,9,11,13,17,20,23-28H2,2-7H3,(H,50,57)/t38-,39-,40-/m0/s1. The monoisotopic (exact) mass is 848 g/mol. The normalized spacial score (nSPS) is 20.0. The lowest BCUT2D eigenvalue weighted by Gasteiger charge is -2.39. The molecule has 0 spiro atoms. The molecule has 62 heavy (non-hydrogen) atoms. The molecule has 3 aliphatic rings. The van der Waals surface area contributed by atoms with Gasteiger partial charge in [-0.2, -0.15) is 0 Å². The number of nitrogens with one attached hydrogen (secondary N) is 2. The number of aryl methyl sites for hydroxylation is 1. The number of hydrogen-bond acceptors (Lipinski definition) is 10. The third-order valence-corrected chi connectivity index (χ3v) is 12.3. The second-order valence-corrected chi connectivity index (χ2v) is 17.9. The SMILES string of the molecule is C=CC(=O)N1CC(OC[C@H](C(=O)N[C@H]2Cc3cc(O)cc(c3)-c3ccc4c(c3)c(c(-c3cccnc3COC)n4CC)CC(C)(C)COC(=O)[C@@H]3CCCN(N3)C2=O)C(C)C)C1. The van der Waals surface area contributed by atoms with Crippen molar-refractivity contribution in [2.24, 2.45) is 17.3 Å². The van der Waals surface area contributed by atoms with Crippen LogP contribution in [0.25, 0.3) is 33.3 Å². The lowest BCUT2D eigenvalue weighted by molar-refractivity contribution is -0.155. The van der Waals surface area contributed by atoms with Gasteiger partial charge in [0.1, 0.15) is 17.8 Å². The molecule has 0 unspecified atom stereocenters. The number of fused-ring (bicyclic) bond motifs is 6. The molecule has 4 aromatic rings. The van der Waals surface area contributed by atoms with Gasteiger partial charge in [-0.15, -0.1) is 0 Å². The summed E-state index contributed by atoms with van der Waals surface area (Å²) in [5, 5.41) is 16.7. The van der Waals surface area contributed by atoms with Crippen LogP contribution in [-0.4, -0.2) is 106 Å². The van der Waals surface area contributed by atoms with Crippen LogP contribution in [-0.2, 0) is 59.4 Å². The van der Waals surface area contributed by atoms with Gasteiger partial charge in [-0.1, -0.05) is 46.4 Å². The molecular formula is C48H60N6O8. The fourth-order valence-corrected chi connectivity index (χ4v) is 8.86. The van der Waals surface area contributed by atoms with E-state index in [-0.39, 0.29) is 49.2 Å². The number of ether oxygens (including phenoxy) is 3. The van der Waals surface area contributed by atoms with Crippen LogP contribution in [0.2, 0.25) is 0 Å². The number of esters is 1. The first-order valence-corrected chi connectivity index (χ1v) is 21.7. The van der Waals surface area contributed by atoms with E-state index in [9.17, 15) is 24.3 Å². The molecule has 5 heterocycles. The van der Waals surface area contributed by atoms with Crippen molar-refractivity contribution in [1.82, 2.24) is 30.2 Å². The van der Waals surface area contributed by atoms with Crippen LogP contribution in [0.5, 0.6) is 5.75 Å². The maximum absolute atomic E-state index is 14.5. The number of aromatic hydroxyl groups is 1. The zero-order valence-electron chi connectivity index (χ0n) is 36.7. The Kier molecular flexibility index (Phi) is 13.5. The number of aromatic nitrogens is 2. The average molecular weight is 849 g/mol. The molecule has 3 atom stereocenters. The summed E-state index contributed by atoms with van der Waals surface area (Å²) in [5.41, 5.74) is 9.77. The zero-order valence-corrected chi connectivity index (χ0v) is 36.7. The third-order valence-electron chi connectivity index (χ3n) is 12.3. The fraction of sp³-hybridized carbons (Fsp3) is 0.479. The molecule has 6 bridgehead atoms. The van der Waals surface area contributed by atoms with Gasteiger partial charge in [0.25, 0.3) is 5.91 Å². The predicted octanol–water partition coefficient (Wildman–Crippen LogP) is 5.58. The van der Waals surface area contributed by atoms with E-state index in [0.29, 0.717) is 57.6 Å². The summed E-state index contributed by atoms with van der Waals surface area (Å²) in [5.74, 6) is -2.10. The van der Waals surface area contributed by atoms with E-state index in [4.69, 9.17) is 19.2 Å². The number of hydrogen-bond donors (Lipinski definition) is 3. The molecule has 2 fully saturated rings. The number of nitrogens with zero attached hydrogens (tertiary/aromatic N) is 4. The van der Waals surface area contributed by atoms with Crippen LogP contribution in [0.15, 0.2) is 67.4 Å². The van der Waals surface area contributed by atoms with Crippen molar-refractivity contribution in [3.05, 3.63) is 84.2 Å². The highest BCUT2D eigenvalue weighted by Gasteiger charge is 2.37. The van der Waals surface area contributed by atoms with E-state index in [1.165, 1.54) is 11.1 Å². The van der Waals surface area contributed by atoms with Crippen LogP contribution < -0.4 is 10.7 Å². The lowest BCUT2D eigenvalue weighted by atomic mass is 9.84. The minimum Gasteiger partial charge on any atom is -0.508 e. The Balaban J connectivity index is 1.28. The molecule has 3 N–H and O–H groups in total. The number of likely N-dealkylation sites (tertiary alicyclic amines) is 1. The van der Waals surface area contributed by atoms with E-state index < -0.39 is 35.3 Å². The summed E-state index contributed by atoms with van der Waals surface area (Å²) < 4.78 is 20.1. The molecule has 14 nitrogen and oxygen atoms in total. The number of benzene rings is 2. The largest absolute Gasteiger partial charge is 0.508 e. The molecule has 330 valence electrons. The van der Waals surface area contributed by atoms with Crippen LogP contribution in [0.3, 0.4) is 0 Å². The van der Waals surface area contributed by atoms with E-state index >= 15 is 0 Å². The molecule has 3 amide bonds. The molecule has 7 rings (SSSR count). The molecule has 3 aliphatic heterocycles. The minimum absolute atomic E-state index is 0.0223. The van der Waals surface area contributed by atoms with Crippen molar-refractivity contribution in [2.45, 2.75) is 91.6 Å². The van der Waals surface area contributed by atoms with Gasteiger partial charge in [0, 0.05) is 67.8 Å². The van der Waals surface area contributed by atoms with Crippen molar-refractivity contribution in [3.8, 4) is 28.1 Å². The van der Waals surface area contributed by atoms with Gasteiger partial charge >= 0.3 is 5.97 Å². The highest BCUT2D eigenvalue weighted by molar-refractivity contribution is 5.95. The molecule has 14 heteroatoms. The van der Waals surface area contributed by atoms with Gasteiger partial charge in [-0.3, -0.25) is 29.2 Å².